The Hall–Kier alpha value is -1.83. The molecule has 2 amide bonds. The third kappa shape index (κ3) is 4.59. The van der Waals surface area contributed by atoms with Crippen LogP contribution in [0.3, 0.4) is 0 Å². The highest BCUT2D eigenvalue weighted by molar-refractivity contribution is 6.05. The molecule has 0 aromatic heterocycles. The van der Waals surface area contributed by atoms with Crippen LogP contribution in [0, 0.1) is 0 Å². The number of hydrogen-bond donors (Lipinski definition) is 3. The van der Waals surface area contributed by atoms with Gasteiger partial charge in [-0.15, -0.1) is 12.4 Å². The number of methoxy groups -OCH3 is 1. The summed E-state index contributed by atoms with van der Waals surface area (Å²) in [7, 11) is 1.54. The molecule has 0 bridgehead atoms. The van der Waals surface area contributed by atoms with Gasteiger partial charge in [-0.3, -0.25) is 9.59 Å². The van der Waals surface area contributed by atoms with E-state index in [4.69, 9.17) is 9.47 Å². The van der Waals surface area contributed by atoms with Gasteiger partial charge in [0.1, 0.15) is 11.9 Å². The van der Waals surface area contributed by atoms with Gasteiger partial charge in [-0.2, -0.15) is 0 Å². The third-order valence-electron chi connectivity index (χ3n) is 3.86. The fraction of sp³-hybridized carbons (Fsp3) is 0.500. The van der Waals surface area contributed by atoms with Crippen LogP contribution in [0.15, 0.2) is 18.2 Å². The minimum absolute atomic E-state index is 0. The van der Waals surface area contributed by atoms with Crippen molar-refractivity contribution >= 4 is 29.9 Å². The monoisotopic (exact) mass is 355 g/mol. The predicted octanol–water partition coefficient (Wildman–Crippen LogP) is 0.936. The molecule has 7 nitrogen and oxygen atoms in total. The Morgan fingerprint density at radius 1 is 1.33 bits per heavy atom. The van der Waals surface area contributed by atoms with Crippen molar-refractivity contribution in [2.75, 3.05) is 32.1 Å². The van der Waals surface area contributed by atoms with Gasteiger partial charge in [0, 0.05) is 19.1 Å². The lowest BCUT2D eigenvalue weighted by atomic mass is 10.1. The van der Waals surface area contributed by atoms with Gasteiger partial charge in [0.25, 0.3) is 11.8 Å². The molecule has 1 heterocycles. The first-order valence-electron chi connectivity index (χ1n) is 7.79. The normalized spacial score (nSPS) is 19.8. The zero-order chi connectivity index (χ0) is 16.2. The van der Waals surface area contributed by atoms with E-state index in [1.165, 1.54) is 7.11 Å². The third-order valence-corrected chi connectivity index (χ3v) is 3.86. The van der Waals surface area contributed by atoms with Gasteiger partial charge in [0.15, 0.2) is 0 Å². The highest BCUT2D eigenvalue weighted by Crippen LogP contribution is 2.25. The average molecular weight is 356 g/mol. The average Bonchev–Trinajstić information content (AvgIpc) is 3.39. The Labute approximate surface area is 146 Å². The Kier molecular flexibility index (Phi) is 6.42. The molecule has 8 heteroatoms. The lowest BCUT2D eigenvalue weighted by Gasteiger charge is -2.23. The molecule has 1 aliphatic heterocycles. The highest BCUT2D eigenvalue weighted by atomic mass is 35.5. The van der Waals surface area contributed by atoms with E-state index in [0.29, 0.717) is 30.2 Å². The van der Waals surface area contributed by atoms with Gasteiger partial charge >= 0.3 is 0 Å². The van der Waals surface area contributed by atoms with Crippen LogP contribution < -0.4 is 20.7 Å². The quantitative estimate of drug-likeness (QED) is 0.731. The molecule has 3 N–H and O–H groups in total. The van der Waals surface area contributed by atoms with Crippen molar-refractivity contribution in [2.45, 2.75) is 25.0 Å². The van der Waals surface area contributed by atoms with Gasteiger partial charge in [0.05, 0.1) is 25.0 Å². The summed E-state index contributed by atoms with van der Waals surface area (Å²) < 4.78 is 10.6. The second-order valence-corrected chi connectivity index (χ2v) is 5.71. The maximum absolute atomic E-state index is 12.4. The van der Waals surface area contributed by atoms with Crippen molar-refractivity contribution in [1.82, 2.24) is 10.6 Å². The maximum Gasteiger partial charge on any atom is 0.254 e. The first-order chi connectivity index (χ1) is 11.2. The number of rotatable bonds is 5. The number of ether oxygens (including phenoxy) is 2. The molecular formula is C16H22ClN3O4. The van der Waals surface area contributed by atoms with E-state index in [-0.39, 0.29) is 30.3 Å². The zero-order valence-electron chi connectivity index (χ0n) is 13.5. The Balaban J connectivity index is 0.00000208. The van der Waals surface area contributed by atoms with Gasteiger partial charge in [-0.25, -0.2) is 0 Å². The van der Waals surface area contributed by atoms with Crippen LogP contribution in [0.4, 0.5) is 5.69 Å². The number of carbonyl (C=O) groups is 2. The van der Waals surface area contributed by atoms with Crippen LogP contribution in [0.1, 0.15) is 23.2 Å². The second kappa shape index (κ2) is 8.32. The number of halogens is 1. The molecular weight excluding hydrogens is 334 g/mol. The number of amides is 2. The van der Waals surface area contributed by atoms with Crippen LogP contribution in [-0.4, -0.2) is 50.8 Å². The van der Waals surface area contributed by atoms with Crippen LogP contribution >= 0.6 is 12.4 Å². The lowest BCUT2D eigenvalue weighted by Crippen LogP contribution is -2.45. The number of benzene rings is 1. The molecule has 2 fully saturated rings. The van der Waals surface area contributed by atoms with E-state index in [1.54, 1.807) is 18.2 Å². The molecule has 2 aliphatic rings. The summed E-state index contributed by atoms with van der Waals surface area (Å²) in [6.45, 7) is 1.70. The molecule has 3 rings (SSSR count). The summed E-state index contributed by atoms with van der Waals surface area (Å²) in [5, 5.41) is 8.82. The number of morpholine rings is 1. The number of anilines is 1. The SMILES string of the molecule is COc1ccc(NC(=O)C2CNCCO2)c(C(=O)NC2CC2)c1.Cl. The Morgan fingerprint density at radius 3 is 2.75 bits per heavy atom. The number of hydrogen-bond acceptors (Lipinski definition) is 5. The van der Waals surface area contributed by atoms with Crippen LogP contribution in [0.2, 0.25) is 0 Å². The predicted molar refractivity (Wildman–Crippen MR) is 92.0 cm³/mol. The van der Waals surface area contributed by atoms with E-state index in [0.717, 1.165) is 19.4 Å². The fourth-order valence-electron chi connectivity index (χ4n) is 2.39. The summed E-state index contributed by atoms with van der Waals surface area (Å²) in [6, 6.07) is 5.26. The molecule has 1 unspecified atom stereocenters. The topological polar surface area (TPSA) is 88.7 Å². The molecule has 0 spiro atoms. The van der Waals surface area contributed by atoms with E-state index in [9.17, 15) is 9.59 Å². The number of nitrogens with one attached hydrogen (secondary N) is 3. The zero-order valence-corrected chi connectivity index (χ0v) is 14.3. The summed E-state index contributed by atoms with van der Waals surface area (Å²) >= 11 is 0. The molecule has 1 aliphatic carbocycles. The van der Waals surface area contributed by atoms with E-state index < -0.39 is 6.10 Å². The smallest absolute Gasteiger partial charge is 0.254 e. The van der Waals surface area contributed by atoms with Crippen LogP contribution in [-0.2, 0) is 9.53 Å². The molecule has 1 aromatic rings. The Morgan fingerprint density at radius 2 is 2.12 bits per heavy atom. The molecule has 132 valence electrons. The molecule has 1 saturated heterocycles. The standard InChI is InChI=1S/C16H21N3O4.ClH/c1-22-11-4-5-13(12(8-11)15(20)18-10-2-3-10)19-16(21)14-9-17-6-7-23-14;/h4-5,8,10,14,17H,2-3,6-7,9H2,1H3,(H,18,20)(H,19,21);1H. The summed E-state index contributed by atoms with van der Waals surface area (Å²) in [6.07, 6.45) is 1.45. The van der Waals surface area contributed by atoms with Crippen molar-refractivity contribution in [1.29, 1.82) is 0 Å². The molecule has 0 radical (unpaired) electrons. The minimum Gasteiger partial charge on any atom is -0.497 e. The first-order valence-corrected chi connectivity index (χ1v) is 7.79. The van der Waals surface area contributed by atoms with E-state index in [1.807, 2.05) is 0 Å². The van der Waals surface area contributed by atoms with Crippen molar-refractivity contribution < 1.29 is 19.1 Å². The number of carbonyl (C=O) groups excluding carboxylic acids is 2. The lowest BCUT2D eigenvalue weighted by molar-refractivity contribution is -0.128. The largest absolute Gasteiger partial charge is 0.497 e. The minimum atomic E-state index is -0.551. The van der Waals surface area contributed by atoms with Gasteiger partial charge < -0.3 is 25.4 Å². The highest BCUT2D eigenvalue weighted by Gasteiger charge is 2.27. The fourth-order valence-corrected chi connectivity index (χ4v) is 2.39. The maximum atomic E-state index is 12.4. The second-order valence-electron chi connectivity index (χ2n) is 5.71. The van der Waals surface area contributed by atoms with Gasteiger partial charge in [-0.1, -0.05) is 0 Å². The molecule has 1 aromatic carbocycles. The van der Waals surface area contributed by atoms with Crippen molar-refractivity contribution in [2.24, 2.45) is 0 Å². The van der Waals surface area contributed by atoms with E-state index in [2.05, 4.69) is 16.0 Å². The Bertz CT molecular complexity index is 601. The summed E-state index contributed by atoms with van der Waals surface area (Å²) in [5.74, 6) is 0.103. The van der Waals surface area contributed by atoms with Crippen molar-refractivity contribution in [3.63, 3.8) is 0 Å². The molecule has 1 atom stereocenters. The van der Waals surface area contributed by atoms with Crippen LogP contribution in [0.5, 0.6) is 5.75 Å². The van der Waals surface area contributed by atoms with Crippen molar-refractivity contribution in [3.8, 4) is 5.75 Å². The van der Waals surface area contributed by atoms with Gasteiger partial charge in [-0.05, 0) is 31.0 Å². The first kappa shape index (κ1) is 18.5. The van der Waals surface area contributed by atoms with Crippen LogP contribution in [0.25, 0.3) is 0 Å². The van der Waals surface area contributed by atoms with Gasteiger partial charge in [0.2, 0.25) is 0 Å². The summed E-state index contributed by atoms with van der Waals surface area (Å²) in [5.41, 5.74) is 0.858. The molecule has 24 heavy (non-hydrogen) atoms. The molecule has 1 saturated carbocycles. The van der Waals surface area contributed by atoms with Crippen molar-refractivity contribution in [3.05, 3.63) is 23.8 Å². The summed E-state index contributed by atoms with van der Waals surface area (Å²) in [4.78, 5) is 24.7. The van der Waals surface area contributed by atoms with E-state index >= 15 is 0 Å².